The maximum absolute atomic E-state index is 11.5. The van der Waals surface area contributed by atoms with Crippen molar-refractivity contribution in [2.75, 3.05) is 5.32 Å². The maximum atomic E-state index is 11.5. The molecule has 2 aromatic heterocycles. The van der Waals surface area contributed by atoms with Gasteiger partial charge in [0, 0.05) is 12.4 Å². The predicted octanol–water partition coefficient (Wildman–Crippen LogP) is 1.10. The lowest BCUT2D eigenvalue weighted by molar-refractivity contribution is -0.142. The Morgan fingerprint density at radius 3 is 2.89 bits per heavy atom. The summed E-state index contributed by atoms with van der Waals surface area (Å²) in [5, 5.41) is 20.5. The number of nitrogens with zero attached hydrogens (tertiary/aromatic N) is 4. The summed E-state index contributed by atoms with van der Waals surface area (Å²) in [6.45, 7) is 3.53. The SMILES string of the molecule is Cc1nnc2c(NC(C)(C(=O)O)C3CC3)nccn12. The lowest BCUT2D eigenvalue weighted by Crippen LogP contribution is -2.46. The minimum absolute atomic E-state index is 0.135. The van der Waals surface area contributed by atoms with Crippen molar-refractivity contribution in [1.29, 1.82) is 0 Å². The molecule has 0 aromatic carbocycles. The van der Waals surface area contributed by atoms with Gasteiger partial charge in [0.2, 0.25) is 5.65 Å². The van der Waals surface area contributed by atoms with Gasteiger partial charge in [0.05, 0.1) is 0 Å². The van der Waals surface area contributed by atoms with Gasteiger partial charge >= 0.3 is 5.97 Å². The van der Waals surface area contributed by atoms with Crippen LogP contribution >= 0.6 is 0 Å². The molecule has 7 nitrogen and oxygen atoms in total. The van der Waals surface area contributed by atoms with Crippen LogP contribution < -0.4 is 5.32 Å². The highest BCUT2D eigenvalue weighted by atomic mass is 16.4. The summed E-state index contributed by atoms with van der Waals surface area (Å²) in [4.78, 5) is 15.7. The molecule has 1 fully saturated rings. The van der Waals surface area contributed by atoms with E-state index in [1.165, 1.54) is 0 Å². The molecule has 0 radical (unpaired) electrons. The van der Waals surface area contributed by atoms with Gasteiger partial charge < -0.3 is 10.4 Å². The standard InChI is InChI=1S/C12H15N5O2/c1-7-15-16-10-9(13-5-6-17(7)10)14-12(2,11(18)19)8-3-4-8/h5-6,8H,3-4H2,1-2H3,(H,13,14)(H,18,19). The monoisotopic (exact) mass is 261 g/mol. The molecule has 0 amide bonds. The molecule has 0 spiro atoms. The van der Waals surface area contributed by atoms with E-state index in [1.807, 2.05) is 6.92 Å². The molecule has 100 valence electrons. The van der Waals surface area contributed by atoms with E-state index in [4.69, 9.17) is 0 Å². The molecule has 2 aromatic rings. The maximum Gasteiger partial charge on any atom is 0.329 e. The summed E-state index contributed by atoms with van der Waals surface area (Å²) in [5.41, 5.74) is -0.456. The van der Waals surface area contributed by atoms with E-state index < -0.39 is 11.5 Å². The fraction of sp³-hybridized carbons (Fsp3) is 0.500. The van der Waals surface area contributed by atoms with Crippen LogP contribution in [0.3, 0.4) is 0 Å². The molecule has 3 rings (SSSR count). The minimum atomic E-state index is -1.01. The number of carbonyl (C=O) groups is 1. The normalized spacial score (nSPS) is 18.2. The van der Waals surface area contributed by atoms with Gasteiger partial charge in [-0.05, 0) is 32.6 Å². The van der Waals surface area contributed by atoms with E-state index in [2.05, 4.69) is 20.5 Å². The quantitative estimate of drug-likeness (QED) is 0.856. The van der Waals surface area contributed by atoms with Crippen molar-refractivity contribution in [1.82, 2.24) is 19.6 Å². The van der Waals surface area contributed by atoms with E-state index in [-0.39, 0.29) is 5.92 Å². The van der Waals surface area contributed by atoms with Gasteiger partial charge in [0.25, 0.3) is 0 Å². The zero-order valence-corrected chi connectivity index (χ0v) is 10.8. The first-order valence-corrected chi connectivity index (χ1v) is 6.20. The van der Waals surface area contributed by atoms with E-state index >= 15 is 0 Å². The number of aromatic nitrogens is 4. The van der Waals surface area contributed by atoms with Gasteiger partial charge in [-0.3, -0.25) is 4.40 Å². The summed E-state index contributed by atoms with van der Waals surface area (Å²) < 4.78 is 1.78. The number of hydrogen-bond acceptors (Lipinski definition) is 5. The van der Waals surface area contributed by atoms with Crippen LogP contribution in [0.5, 0.6) is 0 Å². The molecular weight excluding hydrogens is 246 g/mol. The second-order valence-electron chi connectivity index (χ2n) is 5.12. The lowest BCUT2D eigenvalue weighted by atomic mass is 9.96. The topological polar surface area (TPSA) is 92.4 Å². The molecule has 2 heterocycles. The Morgan fingerprint density at radius 1 is 1.53 bits per heavy atom. The van der Waals surface area contributed by atoms with Crippen LogP contribution in [0.25, 0.3) is 5.65 Å². The van der Waals surface area contributed by atoms with Crippen LogP contribution in [0.1, 0.15) is 25.6 Å². The third-order valence-electron chi connectivity index (χ3n) is 3.71. The summed E-state index contributed by atoms with van der Waals surface area (Å²) in [5.74, 6) is 0.468. The van der Waals surface area contributed by atoms with E-state index in [0.717, 1.165) is 18.7 Å². The third-order valence-corrected chi connectivity index (χ3v) is 3.71. The molecule has 1 aliphatic carbocycles. The Labute approximate surface area is 109 Å². The highest BCUT2D eigenvalue weighted by molar-refractivity contribution is 5.84. The van der Waals surface area contributed by atoms with Crippen LogP contribution in [-0.4, -0.2) is 36.2 Å². The molecule has 1 saturated carbocycles. The van der Waals surface area contributed by atoms with E-state index in [9.17, 15) is 9.90 Å². The smallest absolute Gasteiger partial charge is 0.329 e. The number of rotatable bonds is 4. The largest absolute Gasteiger partial charge is 0.480 e. The molecular formula is C12H15N5O2. The Hall–Kier alpha value is -2.18. The molecule has 0 saturated heterocycles. The first-order chi connectivity index (χ1) is 9.02. The van der Waals surface area contributed by atoms with Gasteiger partial charge in [-0.25, -0.2) is 9.78 Å². The van der Waals surface area contributed by atoms with Crippen LogP contribution in [-0.2, 0) is 4.79 Å². The molecule has 7 heteroatoms. The van der Waals surface area contributed by atoms with E-state index in [1.54, 1.807) is 23.7 Å². The van der Waals surface area contributed by atoms with Crippen molar-refractivity contribution in [2.45, 2.75) is 32.2 Å². The number of aliphatic carboxylic acids is 1. The van der Waals surface area contributed by atoms with Gasteiger partial charge in [0.1, 0.15) is 11.4 Å². The molecule has 0 aliphatic heterocycles. The van der Waals surface area contributed by atoms with Crippen LogP contribution in [0.15, 0.2) is 12.4 Å². The number of carboxylic acid groups (broad SMARTS) is 1. The molecule has 1 atom stereocenters. The zero-order chi connectivity index (χ0) is 13.6. The number of aryl methyl sites for hydroxylation is 1. The summed E-state index contributed by atoms with van der Waals surface area (Å²) in [6, 6.07) is 0. The van der Waals surface area contributed by atoms with Crippen LogP contribution in [0.4, 0.5) is 5.82 Å². The summed E-state index contributed by atoms with van der Waals surface area (Å²) in [6.07, 6.45) is 5.21. The number of nitrogens with one attached hydrogen (secondary N) is 1. The highest BCUT2D eigenvalue weighted by Crippen LogP contribution is 2.41. The fourth-order valence-corrected chi connectivity index (χ4v) is 2.27. The predicted molar refractivity (Wildman–Crippen MR) is 67.9 cm³/mol. The van der Waals surface area contributed by atoms with Crippen molar-refractivity contribution in [3.05, 3.63) is 18.2 Å². The van der Waals surface area contributed by atoms with Crippen LogP contribution in [0, 0.1) is 12.8 Å². The number of anilines is 1. The molecule has 0 bridgehead atoms. The zero-order valence-electron chi connectivity index (χ0n) is 10.8. The fourth-order valence-electron chi connectivity index (χ4n) is 2.27. The Bertz CT molecular complexity index is 649. The Morgan fingerprint density at radius 2 is 2.26 bits per heavy atom. The highest BCUT2D eigenvalue weighted by Gasteiger charge is 2.48. The number of hydrogen-bond donors (Lipinski definition) is 2. The molecule has 1 aliphatic rings. The molecule has 2 N–H and O–H groups in total. The van der Waals surface area contributed by atoms with Crippen molar-refractivity contribution in [2.24, 2.45) is 5.92 Å². The van der Waals surface area contributed by atoms with Gasteiger partial charge in [0.15, 0.2) is 5.82 Å². The second-order valence-corrected chi connectivity index (χ2v) is 5.12. The number of fused-ring (bicyclic) bond motifs is 1. The van der Waals surface area contributed by atoms with Gasteiger partial charge in [-0.15, -0.1) is 10.2 Å². The van der Waals surface area contributed by atoms with Crippen molar-refractivity contribution >= 4 is 17.4 Å². The van der Waals surface area contributed by atoms with Gasteiger partial charge in [-0.2, -0.15) is 0 Å². The Kier molecular flexibility index (Phi) is 2.44. The first-order valence-electron chi connectivity index (χ1n) is 6.20. The second kappa shape index (κ2) is 3.91. The Balaban J connectivity index is 2.03. The first kappa shape index (κ1) is 11.9. The van der Waals surface area contributed by atoms with Gasteiger partial charge in [-0.1, -0.05) is 0 Å². The lowest BCUT2D eigenvalue weighted by Gasteiger charge is -2.26. The van der Waals surface area contributed by atoms with Crippen molar-refractivity contribution in [3.63, 3.8) is 0 Å². The minimum Gasteiger partial charge on any atom is -0.480 e. The van der Waals surface area contributed by atoms with Crippen molar-refractivity contribution in [3.8, 4) is 0 Å². The molecule has 19 heavy (non-hydrogen) atoms. The summed E-state index contributed by atoms with van der Waals surface area (Å²) >= 11 is 0. The van der Waals surface area contributed by atoms with Crippen LogP contribution in [0.2, 0.25) is 0 Å². The third kappa shape index (κ3) is 1.81. The van der Waals surface area contributed by atoms with E-state index in [0.29, 0.717) is 11.5 Å². The average Bonchev–Trinajstić information content (AvgIpc) is 3.16. The summed E-state index contributed by atoms with van der Waals surface area (Å²) in [7, 11) is 0. The number of carboxylic acids is 1. The van der Waals surface area contributed by atoms with Crippen molar-refractivity contribution < 1.29 is 9.90 Å². The molecule has 1 unspecified atom stereocenters. The average molecular weight is 261 g/mol.